The van der Waals surface area contributed by atoms with Crippen LogP contribution in [-0.2, 0) is 17.6 Å². The van der Waals surface area contributed by atoms with Crippen LogP contribution in [0.3, 0.4) is 0 Å². The van der Waals surface area contributed by atoms with Crippen LogP contribution >= 0.6 is 0 Å². The third-order valence-electron chi connectivity index (χ3n) is 3.26. The molecule has 3 rings (SSSR count). The van der Waals surface area contributed by atoms with Gasteiger partial charge in [0.05, 0.1) is 11.5 Å². The molecule has 0 spiro atoms. The van der Waals surface area contributed by atoms with Gasteiger partial charge in [0.15, 0.2) is 0 Å². The quantitative estimate of drug-likeness (QED) is 0.885. The van der Waals surface area contributed by atoms with Crippen molar-refractivity contribution in [3.8, 4) is 0 Å². The summed E-state index contributed by atoms with van der Waals surface area (Å²) in [6.45, 7) is -1.62. The lowest BCUT2D eigenvalue weighted by Gasteiger charge is -2.09. The van der Waals surface area contributed by atoms with Crippen LogP contribution in [-0.4, -0.2) is 49.2 Å². The lowest BCUT2D eigenvalue weighted by Crippen LogP contribution is -2.28. The SMILES string of the molecule is [2H]c1[nH]c2c([2H])c([2H])c(C[C@H]3COC(=O)N3)c([2H])c2c1CC([2H])([2H])N(C)C. The van der Waals surface area contributed by atoms with Crippen LogP contribution in [0.25, 0.3) is 10.9 Å². The van der Waals surface area contributed by atoms with Crippen molar-refractivity contribution in [3.63, 3.8) is 0 Å². The van der Waals surface area contributed by atoms with Crippen LogP contribution in [0.1, 0.15) is 19.4 Å². The fourth-order valence-electron chi connectivity index (χ4n) is 2.22. The molecule has 2 aromatic rings. The maximum absolute atomic E-state index is 11.2. The number of nitrogens with zero attached hydrogens (tertiary/aromatic N) is 1. The number of cyclic esters (lactones) is 1. The van der Waals surface area contributed by atoms with Gasteiger partial charge in [0.2, 0.25) is 0 Å². The van der Waals surface area contributed by atoms with Gasteiger partial charge >= 0.3 is 6.09 Å². The number of nitrogens with one attached hydrogen (secondary N) is 2. The fourth-order valence-corrected chi connectivity index (χ4v) is 2.22. The molecular weight excluding hydrogens is 266 g/mol. The number of aryl methyl sites for hydroxylation is 1. The summed E-state index contributed by atoms with van der Waals surface area (Å²) in [4.78, 5) is 15.3. The van der Waals surface area contributed by atoms with Crippen molar-refractivity contribution in [3.05, 3.63) is 35.4 Å². The van der Waals surface area contributed by atoms with E-state index >= 15 is 0 Å². The smallest absolute Gasteiger partial charge is 0.407 e. The third-order valence-corrected chi connectivity index (χ3v) is 3.26. The van der Waals surface area contributed by atoms with Gasteiger partial charge in [-0.15, -0.1) is 0 Å². The zero-order valence-corrected chi connectivity index (χ0v) is 12.0. The summed E-state index contributed by atoms with van der Waals surface area (Å²) < 4.78 is 54.3. The molecule has 0 bridgehead atoms. The number of ether oxygens (including phenoxy) is 1. The Bertz CT molecular complexity index is 912. The van der Waals surface area contributed by atoms with Crippen LogP contribution in [0.5, 0.6) is 0 Å². The monoisotopic (exact) mass is 293 g/mol. The van der Waals surface area contributed by atoms with Gasteiger partial charge in [-0.2, -0.15) is 0 Å². The van der Waals surface area contributed by atoms with Gasteiger partial charge in [-0.25, -0.2) is 4.79 Å². The molecule has 112 valence electrons. The van der Waals surface area contributed by atoms with Gasteiger partial charge < -0.3 is 19.9 Å². The summed E-state index contributed by atoms with van der Waals surface area (Å²) in [5.41, 5.74) is 0.763. The minimum atomic E-state index is -1.74. The normalized spacial score (nSPS) is 23.0. The predicted molar refractivity (Wildman–Crippen MR) is 82.5 cm³/mol. The molecule has 1 saturated heterocycles. The molecule has 1 aromatic heterocycles. The maximum atomic E-state index is 11.2. The first-order valence-electron chi connectivity index (χ1n) is 9.73. The van der Waals surface area contributed by atoms with Crippen molar-refractivity contribution in [2.24, 2.45) is 0 Å². The second kappa shape index (κ2) is 5.77. The number of alkyl carbamates (subject to hydrolysis) is 1. The molecule has 5 nitrogen and oxygen atoms in total. The van der Waals surface area contributed by atoms with E-state index in [9.17, 15) is 4.79 Å². The van der Waals surface area contributed by atoms with Crippen LogP contribution < -0.4 is 5.32 Å². The van der Waals surface area contributed by atoms with E-state index in [-0.39, 0.29) is 60.2 Å². The van der Waals surface area contributed by atoms with E-state index in [0.717, 1.165) is 0 Å². The average molecular weight is 293 g/mol. The van der Waals surface area contributed by atoms with E-state index in [1.807, 2.05) is 0 Å². The number of rotatable bonds is 5. The molecule has 1 atom stereocenters. The molecule has 2 N–H and O–H groups in total. The summed E-state index contributed by atoms with van der Waals surface area (Å²) in [6, 6.07) is -0.705. The third kappa shape index (κ3) is 3.19. The second-order valence-corrected chi connectivity index (χ2v) is 5.21. The summed E-state index contributed by atoms with van der Waals surface area (Å²) in [7, 11) is 3.18. The molecule has 0 radical (unpaired) electrons. The van der Waals surface area contributed by atoms with Crippen LogP contribution in [0.15, 0.2) is 24.3 Å². The number of hydrogen-bond acceptors (Lipinski definition) is 3. The van der Waals surface area contributed by atoms with E-state index in [4.69, 9.17) is 13.0 Å². The summed E-state index contributed by atoms with van der Waals surface area (Å²) in [6.07, 6.45) is -0.597. The first-order chi connectivity index (χ1) is 12.5. The molecule has 1 fully saturated rings. The van der Waals surface area contributed by atoms with Crippen LogP contribution in [0.4, 0.5) is 4.79 Å². The molecule has 1 aromatic carbocycles. The summed E-state index contributed by atoms with van der Waals surface area (Å²) in [5.74, 6) is 0. The Labute approximate surface area is 132 Å². The van der Waals surface area contributed by atoms with Gasteiger partial charge in [0.1, 0.15) is 6.61 Å². The molecule has 1 amide bonds. The molecule has 21 heavy (non-hydrogen) atoms. The number of fused-ring (bicyclic) bond motifs is 1. The average Bonchev–Trinajstić information content (AvgIpc) is 3.13. The summed E-state index contributed by atoms with van der Waals surface area (Å²) >= 11 is 0. The highest BCUT2D eigenvalue weighted by Crippen LogP contribution is 2.21. The van der Waals surface area contributed by atoms with E-state index < -0.39 is 18.6 Å². The number of hydrogen-bond donors (Lipinski definition) is 2. The Hall–Kier alpha value is -2.01. The Morgan fingerprint density at radius 1 is 1.52 bits per heavy atom. The van der Waals surface area contributed by atoms with Crippen molar-refractivity contribution < 1.29 is 17.8 Å². The van der Waals surface area contributed by atoms with Crippen molar-refractivity contribution in [2.75, 3.05) is 27.2 Å². The highest BCUT2D eigenvalue weighted by atomic mass is 16.6. The number of benzene rings is 1. The first-order valence-corrected chi connectivity index (χ1v) is 6.73. The first kappa shape index (κ1) is 8.44. The summed E-state index contributed by atoms with van der Waals surface area (Å²) in [5, 5.41) is 2.88. The molecule has 0 saturated carbocycles. The standard InChI is InChI=1S/C16H21N3O2/c1-19(2)6-5-12-9-17-15-4-3-11(8-14(12)15)7-13-10-21-16(20)18-13/h3-4,8-9,13,17H,5-7,10H2,1-2H3,(H,18,20)/t13-/m0/s1/i3D,4D,6D2,8D,9D. The zero-order valence-electron chi connectivity index (χ0n) is 18.0. The molecule has 0 unspecified atom stereocenters. The molecule has 0 aliphatic carbocycles. The number of aromatic nitrogens is 1. The minimum absolute atomic E-state index is 0.0218. The van der Waals surface area contributed by atoms with Crippen molar-refractivity contribution >= 4 is 17.0 Å². The number of carbonyl (C=O) groups is 1. The number of aromatic amines is 1. The molecular formula is C16H21N3O2. The Morgan fingerprint density at radius 3 is 3.10 bits per heavy atom. The lowest BCUT2D eigenvalue weighted by molar-refractivity contribution is 0.177. The minimum Gasteiger partial charge on any atom is -0.447 e. The van der Waals surface area contributed by atoms with Gasteiger partial charge in [-0.05, 0) is 50.1 Å². The van der Waals surface area contributed by atoms with E-state index in [2.05, 4.69) is 10.3 Å². The fraction of sp³-hybridized carbons (Fsp3) is 0.438. The van der Waals surface area contributed by atoms with Crippen molar-refractivity contribution in [2.45, 2.75) is 18.9 Å². The zero-order chi connectivity index (χ0) is 20.1. The maximum Gasteiger partial charge on any atom is 0.407 e. The molecule has 2 heterocycles. The van der Waals surface area contributed by atoms with E-state index in [1.165, 1.54) is 4.90 Å². The lowest BCUT2D eigenvalue weighted by atomic mass is 10.0. The predicted octanol–water partition coefficient (Wildman–Crippen LogP) is 1.92. The van der Waals surface area contributed by atoms with Crippen molar-refractivity contribution in [1.29, 1.82) is 0 Å². The van der Waals surface area contributed by atoms with Gasteiger partial charge in [0.25, 0.3) is 0 Å². The van der Waals surface area contributed by atoms with Crippen LogP contribution in [0.2, 0.25) is 0 Å². The van der Waals surface area contributed by atoms with E-state index in [0.29, 0.717) is 5.56 Å². The Morgan fingerprint density at radius 2 is 2.38 bits per heavy atom. The van der Waals surface area contributed by atoms with Gasteiger partial charge in [0, 0.05) is 26.3 Å². The van der Waals surface area contributed by atoms with Crippen LogP contribution in [0, 0.1) is 0 Å². The number of H-pyrrole nitrogens is 1. The van der Waals surface area contributed by atoms with E-state index in [1.54, 1.807) is 14.1 Å². The topological polar surface area (TPSA) is 57.4 Å². The van der Waals surface area contributed by atoms with Gasteiger partial charge in [-0.1, -0.05) is 6.04 Å². The largest absolute Gasteiger partial charge is 0.447 e. The second-order valence-electron chi connectivity index (χ2n) is 5.21. The van der Waals surface area contributed by atoms with Gasteiger partial charge in [-0.3, -0.25) is 0 Å². The molecule has 1 aliphatic rings. The Balaban J connectivity index is 2.13. The Kier molecular flexibility index (Phi) is 2.32. The molecule has 5 heteroatoms. The highest BCUT2D eigenvalue weighted by molar-refractivity contribution is 5.84. The highest BCUT2D eigenvalue weighted by Gasteiger charge is 2.22. The number of carbonyl (C=O) groups excluding carboxylic acids is 1. The number of likely N-dealkylation sites (N-methyl/N-ethyl adjacent to an activating group) is 1. The van der Waals surface area contributed by atoms with Crippen molar-refractivity contribution in [1.82, 2.24) is 15.2 Å². The molecule has 1 aliphatic heterocycles. The number of amides is 1.